The van der Waals surface area contributed by atoms with Crippen molar-refractivity contribution in [2.24, 2.45) is 0 Å². The molecule has 1 aliphatic rings. The Balaban J connectivity index is 1.72. The Morgan fingerprint density at radius 2 is 2.10 bits per heavy atom. The maximum Gasteiger partial charge on any atom is 0.120 e. The highest BCUT2D eigenvalue weighted by molar-refractivity contribution is 5.87. The van der Waals surface area contributed by atoms with Gasteiger partial charge in [-0.15, -0.1) is 0 Å². The summed E-state index contributed by atoms with van der Waals surface area (Å²) in [5.41, 5.74) is 3.61. The predicted molar refractivity (Wildman–Crippen MR) is 113 cm³/mol. The van der Waals surface area contributed by atoms with Crippen LogP contribution >= 0.6 is 0 Å². The normalized spacial score (nSPS) is 16.0. The molecule has 0 amide bonds. The average Bonchev–Trinajstić information content (AvgIpc) is 2.99. The molecular formula is C23H29N3O3. The summed E-state index contributed by atoms with van der Waals surface area (Å²) >= 11 is 0. The van der Waals surface area contributed by atoms with Crippen LogP contribution in [0.4, 0.5) is 0 Å². The molecule has 154 valence electrons. The van der Waals surface area contributed by atoms with Gasteiger partial charge in [0.2, 0.25) is 0 Å². The molecule has 6 nitrogen and oxygen atoms in total. The Morgan fingerprint density at radius 3 is 2.83 bits per heavy atom. The van der Waals surface area contributed by atoms with Crippen LogP contribution in [-0.4, -0.2) is 50.5 Å². The van der Waals surface area contributed by atoms with Crippen molar-refractivity contribution in [2.75, 3.05) is 20.2 Å². The molecule has 3 heterocycles. The van der Waals surface area contributed by atoms with E-state index in [1.807, 2.05) is 18.2 Å². The molecule has 29 heavy (non-hydrogen) atoms. The maximum absolute atomic E-state index is 10.8. The standard InChI is InChI=1S/C23H29N3O3/c1-23(2,28)15-29-17-6-7-20-18(11-17)19-13-25(3)10-8-21(19)26(20)14-22(27)16-5-4-9-24-12-16/h4-7,9,11-12,22,27-28H,8,10,13-15H2,1-3H3. The zero-order valence-corrected chi connectivity index (χ0v) is 17.3. The zero-order chi connectivity index (χ0) is 20.6. The molecule has 0 saturated heterocycles. The lowest BCUT2D eigenvalue weighted by Gasteiger charge is -2.25. The quantitative estimate of drug-likeness (QED) is 0.672. The number of aliphatic hydroxyl groups excluding tert-OH is 1. The highest BCUT2D eigenvalue weighted by Crippen LogP contribution is 2.34. The zero-order valence-electron chi connectivity index (χ0n) is 17.3. The Morgan fingerprint density at radius 1 is 1.28 bits per heavy atom. The third-order valence-corrected chi connectivity index (χ3v) is 5.43. The van der Waals surface area contributed by atoms with Crippen molar-refractivity contribution >= 4 is 10.9 Å². The molecule has 1 aliphatic heterocycles. The van der Waals surface area contributed by atoms with Gasteiger partial charge in [-0.1, -0.05) is 6.07 Å². The molecule has 0 saturated carbocycles. The second-order valence-corrected chi connectivity index (χ2v) is 8.61. The van der Waals surface area contributed by atoms with Gasteiger partial charge in [0.1, 0.15) is 12.4 Å². The molecule has 0 bridgehead atoms. The van der Waals surface area contributed by atoms with Crippen molar-refractivity contribution in [1.29, 1.82) is 0 Å². The third-order valence-electron chi connectivity index (χ3n) is 5.43. The van der Waals surface area contributed by atoms with Gasteiger partial charge in [-0.25, -0.2) is 0 Å². The summed E-state index contributed by atoms with van der Waals surface area (Å²) < 4.78 is 8.07. The van der Waals surface area contributed by atoms with Crippen LogP contribution in [0.15, 0.2) is 42.7 Å². The van der Waals surface area contributed by atoms with Crippen molar-refractivity contribution in [2.45, 2.75) is 45.1 Å². The summed E-state index contributed by atoms with van der Waals surface area (Å²) in [6.45, 7) is 6.06. The topological polar surface area (TPSA) is 70.8 Å². The Hall–Kier alpha value is -2.41. The number of aromatic nitrogens is 2. The van der Waals surface area contributed by atoms with E-state index in [0.29, 0.717) is 6.54 Å². The summed E-state index contributed by atoms with van der Waals surface area (Å²) in [4.78, 5) is 6.45. The summed E-state index contributed by atoms with van der Waals surface area (Å²) in [5, 5.41) is 21.9. The van der Waals surface area contributed by atoms with Gasteiger partial charge in [-0.2, -0.15) is 0 Å². The molecule has 2 N–H and O–H groups in total. The van der Waals surface area contributed by atoms with Crippen molar-refractivity contribution in [1.82, 2.24) is 14.5 Å². The van der Waals surface area contributed by atoms with Gasteiger partial charge in [-0.3, -0.25) is 4.98 Å². The number of fused-ring (bicyclic) bond motifs is 3. The van der Waals surface area contributed by atoms with E-state index in [-0.39, 0.29) is 6.61 Å². The summed E-state index contributed by atoms with van der Waals surface area (Å²) in [6, 6.07) is 9.82. The molecule has 0 fully saturated rings. The van der Waals surface area contributed by atoms with Crippen LogP contribution < -0.4 is 4.74 Å². The number of likely N-dealkylation sites (N-methyl/N-ethyl adjacent to an activating group) is 1. The van der Waals surface area contributed by atoms with Gasteiger partial charge in [-0.05, 0) is 50.7 Å². The first-order valence-corrected chi connectivity index (χ1v) is 10.1. The van der Waals surface area contributed by atoms with Gasteiger partial charge in [0.15, 0.2) is 0 Å². The van der Waals surface area contributed by atoms with Gasteiger partial charge in [0, 0.05) is 54.1 Å². The molecule has 0 spiro atoms. The molecule has 2 aromatic heterocycles. The van der Waals surface area contributed by atoms with Gasteiger partial charge in [0.05, 0.1) is 18.2 Å². The van der Waals surface area contributed by atoms with E-state index < -0.39 is 11.7 Å². The Kier molecular flexibility index (Phi) is 5.34. The van der Waals surface area contributed by atoms with E-state index in [9.17, 15) is 10.2 Å². The van der Waals surface area contributed by atoms with Gasteiger partial charge >= 0.3 is 0 Å². The fourth-order valence-electron chi connectivity index (χ4n) is 3.97. The first-order chi connectivity index (χ1) is 13.8. The van der Waals surface area contributed by atoms with E-state index >= 15 is 0 Å². The van der Waals surface area contributed by atoms with Crippen LogP contribution in [0, 0.1) is 0 Å². The van der Waals surface area contributed by atoms with Gasteiger partial charge in [0.25, 0.3) is 0 Å². The minimum Gasteiger partial charge on any atom is -0.491 e. The lowest BCUT2D eigenvalue weighted by atomic mass is 10.0. The van der Waals surface area contributed by atoms with Crippen LogP contribution in [-0.2, 0) is 19.5 Å². The number of pyridine rings is 1. The minimum atomic E-state index is -0.881. The maximum atomic E-state index is 10.8. The monoisotopic (exact) mass is 395 g/mol. The first-order valence-electron chi connectivity index (χ1n) is 10.1. The van der Waals surface area contributed by atoms with Crippen molar-refractivity contribution in [3.8, 4) is 5.75 Å². The van der Waals surface area contributed by atoms with Crippen LogP contribution in [0.1, 0.15) is 36.8 Å². The van der Waals surface area contributed by atoms with E-state index in [1.54, 1.807) is 26.2 Å². The van der Waals surface area contributed by atoms with E-state index in [0.717, 1.165) is 41.7 Å². The van der Waals surface area contributed by atoms with Crippen molar-refractivity contribution < 1.29 is 14.9 Å². The Labute approximate surface area is 171 Å². The second kappa shape index (κ2) is 7.78. The third kappa shape index (κ3) is 4.29. The molecule has 0 radical (unpaired) electrons. The number of rotatable bonds is 6. The van der Waals surface area contributed by atoms with Crippen LogP contribution in [0.5, 0.6) is 5.75 Å². The number of nitrogens with zero attached hydrogens (tertiary/aromatic N) is 3. The molecule has 0 aliphatic carbocycles. The SMILES string of the molecule is CN1CCc2c(c3cc(OCC(C)(C)O)ccc3n2CC(O)c2cccnc2)C1. The number of ether oxygens (including phenoxy) is 1. The largest absolute Gasteiger partial charge is 0.491 e. The molecule has 4 rings (SSSR count). The summed E-state index contributed by atoms with van der Waals surface area (Å²) in [5.74, 6) is 0.751. The Bertz CT molecular complexity index is 992. The number of hydrogen-bond acceptors (Lipinski definition) is 5. The predicted octanol–water partition coefficient (Wildman–Crippen LogP) is 2.91. The highest BCUT2D eigenvalue weighted by Gasteiger charge is 2.24. The van der Waals surface area contributed by atoms with E-state index in [1.165, 1.54) is 11.3 Å². The minimum absolute atomic E-state index is 0.237. The molecule has 1 atom stereocenters. The number of aliphatic hydroxyl groups is 2. The summed E-state index contributed by atoms with van der Waals surface area (Å²) in [7, 11) is 2.13. The average molecular weight is 396 g/mol. The number of hydrogen-bond donors (Lipinski definition) is 2. The lowest BCUT2D eigenvalue weighted by Crippen LogP contribution is -2.28. The molecular weight excluding hydrogens is 366 g/mol. The highest BCUT2D eigenvalue weighted by atomic mass is 16.5. The second-order valence-electron chi connectivity index (χ2n) is 8.61. The fraction of sp³-hybridized carbons (Fsp3) is 0.435. The smallest absolute Gasteiger partial charge is 0.120 e. The van der Waals surface area contributed by atoms with Crippen LogP contribution in [0.25, 0.3) is 10.9 Å². The molecule has 6 heteroatoms. The fourth-order valence-corrected chi connectivity index (χ4v) is 3.97. The molecule has 1 unspecified atom stereocenters. The molecule has 3 aromatic rings. The molecule has 1 aromatic carbocycles. The van der Waals surface area contributed by atoms with Crippen LogP contribution in [0.2, 0.25) is 0 Å². The van der Waals surface area contributed by atoms with E-state index in [4.69, 9.17) is 4.74 Å². The van der Waals surface area contributed by atoms with Gasteiger partial charge < -0.3 is 24.4 Å². The number of benzene rings is 1. The van der Waals surface area contributed by atoms with Crippen molar-refractivity contribution in [3.05, 3.63) is 59.5 Å². The summed E-state index contributed by atoms with van der Waals surface area (Å²) in [6.07, 6.45) is 3.77. The lowest BCUT2D eigenvalue weighted by molar-refractivity contribution is 0.0285. The van der Waals surface area contributed by atoms with E-state index in [2.05, 4.69) is 33.6 Å². The first kappa shape index (κ1) is 19.9. The van der Waals surface area contributed by atoms with Crippen molar-refractivity contribution in [3.63, 3.8) is 0 Å². The van der Waals surface area contributed by atoms with Crippen LogP contribution in [0.3, 0.4) is 0 Å².